The van der Waals surface area contributed by atoms with Gasteiger partial charge < -0.3 is 10.6 Å². The second-order valence-corrected chi connectivity index (χ2v) is 8.55. The van der Waals surface area contributed by atoms with E-state index in [0.717, 1.165) is 38.0 Å². The van der Waals surface area contributed by atoms with Crippen molar-refractivity contribution in [3.05, 3.63) is 71.8 Å². The van der Waals surface area contributed by atoms with Crippen LogP contribution < -0.4 is 10.6 Å². The molecule has 0 bridgehead atoms. The fourth-order valence-electron chi connectivity index (χ4n) is 4.34. The molecule has 7 heteroatoms. The van der Waals surface area contributed by atoms with E-state index in [4.69, 9.17) is 0 Å². The van der Waals surface area contributed by atoms with Crippen molar-refractivity contribution in [2.45, 2.75) is 50.9 Å². The van der Waals surface area contributed by atoms with Gasteiger partial charge >= 0.3 is 6.03 Å². The Balaban J connectivity index is 1.18. The van der Waals surface area contributed by atoms with Gasteiger partial charge in [0.05, 0.1) is 6.54 Å². The molecule has 0 saturated carbocycles. The summed E-state index contributed by atoms with van der Waals surface area (Å²) in [5.74, 6) is -0.323. The van der Waals surface area contributed by atoms with Crippen molar-refractivity contribution >= 4 is 17.8 Å². The Morgan fingerprint density at radius 2 is 1.50 bits per heavy atom. The van der Waals surface area contributed by atoms with Crippen LogP contribution in [0.1, 0.15) is 36.8 Å². The van der Waals surface area contributed by atoms with Crippen LogP contribution in [-0.2, 0) is 22.7 Å². The van der Waals surface area contributed by atoms with E-state index in [1.807, 2.05) is 36.4 Å². The number of carbonyl (C=O) groups excluding carboxylic acids is 3. The lowest BCUT2D eigenvalue weighted by atomic mass is 10.0. The molecule has 0 aliphatic carbocycles. The number of amides is 4. The molecule has 1 unspecified atom stereocenters. The molecule has 1 atom stereocenters. The molecule has 2 aliphatic rings. The van der Waals surface area contributed by atoms with E-state index in [2.05, 4.69) is 39.8 Å². The van der Waals surface area contributed by atoms with Gasteiger partial charge in [-0.3, -0.25) is 19.4 Å². The van der Waals surface area contributed by atoms with Crippen LogP contribution in [0.4, 0.5) is 4.79 Å². The fraction of sp³-hybridized carbons (Fsp3) is 0.400. The number of rotatable bonds is 8. The number of nitrogens with zero attached hydrogens (tertiary/aromatic N) is 2. The SMILES string of the molecule is O=C(CCC1NC(=O)N(Cc2ccccc2)C1=O)NC1CCN(Cc2ccccc2)CC1. The molecule has 2 heterocycles. The van der Waals surface area contributed by atoms with E-state index >= 15 is 0 Å². The van der Waals surface area contributed by atoms with E-state index in [0.29, 0.717) is 6.42 Å². The van der Waals surface area contributed by atoms with Gasteiger partial charge in [-0.15, -0.1) is 0 Å². The first-order chi connectivity index (χ1) is 15.6. The highest BCUT2D eigenvalue weighted by Crippen LogP contribution is 2.17. The predicted octanol–water partition coefficient (Wildman–Crippen LogP) is 2.67. The molecule has 4 rings (SSSR count). The summed E-state index contributed by atoms with van der Waals surface area (Å²) in [6.07, 6.45) is 2.37. The van der Waals surface area contributed by atoms with Crippen molar-refractivity contribution in [2.24, 2.45) is 0 Å². The molecular weight excluding hydrogens is 404 g/mol. The zero-order chi connectivity index (χ0) is 22.3. The van der Waals surface area contributed by atoms with Crippen molar-refractivity contribution in [1.82, 2.24) is 20.4 Å². The van der Waals surface area contributed by atoms with Crippen LogP contribution in [0, 0.1) is 0 Å². The normalized spacial score (nSPS) is 19.8. The number of carbonyl (C=O) groups is 3. The smallest absolute Gasteiger partial charge is 0.325 e. The standard InChI is InChI=1S/C25H30N4O3/c30-23(26-21-13-15-28(16-14-21)17-19-7-3-1-4-8-19)12-11-22-24(31)29(25(32)27-22)18-20-9-5-2-6-10-20/h1-10,21-22H,11-18H2,(H,26,30)(H,27,32). The maximum Gasteiger partial charge on any atom is 0.325 e. The van der Waals surface area contributed by atoms with Crippen LogP contribution in [-0.4, -0.2) is 52.8 Å². The molecule has 32 heavy (non-hydrogen) atoms. The number of imide groups is 1. The predicted molar refractivity (Wildman–Crippen MR) is 121 cm³/mol. The number of piperidine rings is 1. The first kappa shape index (κ1) is 22.0. The van der Waals surface area contributed by atoms with E-state index < -0.39 is 12.1 Å². The first-order valence-corrected chi connectivity index (χ1v) is 11.3. The topological polar surface area (TPSA) is 81.8 Å². The molecule has 7 nitrogen and oxygen atoms in total. The second kappa shape index (κ2) is 10.4. The molecule has 2 aromatic rings. The zero-order valence-electron chi connectivity index (χ0n) is 18.2. The van der Waals surface area contributed by atoms with Gasteiger partial charge in [0.2, 0.25) is 5.91 Å². The van der Waals surface area contributed by atoms with Crippen LogP contribution >= 0.6 is 0 Å². The summed E-state index contributed by atoms with van der Waals surface area (Å²) in [6.45, 7) is 3.08. The molecule has 168 valence electrons. The van der Waals surface area contributed by atoms with E-state index in [1.54, 1.807) is 0 Å². The lowest BCUT2D eigenvalue weighted by Crippen LogP contribution is -2.44. The summed E-state index contributed by atoms with van der Waals surface area (Å²) in [7, 11) is 0. The van der Waals surface area contributed by atoms with Gasteiger partial charge in [0.25, 0.3) is 5.91 Å². The summed E-state index contributed by atoms with van der Waals surface area (Å²) in [4.78, 5) is 40.9. The highest BCUT2D eigenvalue weighted by Gasteiger charge is 2.37. The Labute approximate surface area is 188 Å². The summed E-state index contributed by atoms with van der Waals surface area (Å²) in [5.41, 5.74) is 2.20. The minimum Gasteiger partial charge on any atom is -0.353 e. The van der Waals surface area contributed by atoms with Crippen molar-refractivity contribution < 1.29 is 14.4 Å². The maximum atomic E-state index is 12.6. The van der Waals surface area contributed by atoms with Crippen LogP contribution in [0.3, 0.4) is 0 Å². The lowest BCUT2D eigenvalue weighted by molar-refractivity contribution is -0.128. The monoisotopic (exact) mass is 434 g/mol. The third kappa shape index (κ3) is 5.73. The van der Waals surface area contributed by atoms with Crippen molar-refractivity contribution in [2.75, 3.05) is 13.1 Å². The number of hydrogen-bond acceptors (Lipinski definition) is 4. The molecular formula is C25H30N4O3. The maximum absolute atomic E-state index is 12.6. The molecule has 2 saturated heterocycles. The van der Waals surface area contributed by atoms with Crippen molar-refractivity contribution in [3.8, 4) is 0 Å². The van der Waals surface area contributed by atoms with Gasteiger partial charge in [0.15, 0.2) is 0 Å². The zero-order valence-corrected chi connectivity index (χ0v) is 18.2. The molecule has 2 aliphatic heterocycles. The summed E-state index contributed by atoms with van der Waals surface area (Å²) in [6, 6.07) is 19.0. The Kier molecular flexibility index (Phi) is 7.17. The Hall–Kier alpha value is -3.19. The Morgan fingerprint density at radius 3 is 2.12 bits per heavy atom. The van der Waals surface area contributed by atoms with Crippen LogP contribution in [0.15, 0.2) is 60.7 Å². The van der Waals surface area contributed by atoms with Crippen LogP contribution in [0.2, 0.25) is 0 Å². The highest BCUT2D eigenvalue weighted by molar-refractivity contribution is 6.04. The largest absolute Gasteiger partial charge is 0.353 e. The third-order valence-electron chi connectivity index (χ3n) is 6.15. The number of urea groups is 1. The highest BCUT2D eigenvalue weighted by atomic mass is 16.2. The Morgan fingerprint density at radius 1 is 0.906 bits per heavy atom. The molecule has 2 aromatic carbocycles. The van der Waals surface area contributed by atoms with Crippen molar-refractivity contribution in [1.29, 1.82) is 0 Å². The summed E-state index contributed by atoms with van der Waals surface area (Å²) >= 11 is 0. The number of nitrogens with one attached hydrogen (secondary N) is 2. The number of likely N-dealkylation sites (tertiary alicyclic amines) is 1. The van der Waals surface area contributed by atoms with Gasteiger partial charge in [-0.1, -0.05) is 60.7 Å². The van der Waals surface area contributed by atoms with Gasteiger partial charge in [0, 0.05) is 32.1 Å². The first-order valence-electron chi connectivity index (χ1n) is 11.3. The molecule has 2 N–H and O–H groups in total. The Bertz CT molecular complexity index is 927. The van der Waals surface area contributed by atoms with E-state index in [9.17, 15) is 14.4 Å². The minimum atomic E-state index is -0.635. The van der Waals surface area contributed by atoms with Gasteiger partial charge in [-0.25, -0.2) is 4.79 Å². The average molecular weight is 435 g/mol. The van der Waals surface area contributed by atoms with E-state index in [1.165, 1.54) is 10.5 Å². The quantitative estimate of drug-likeness (QED) is 0.626. The number of benzene rings is 2. The van der Waals surface area contributed by atoms with E-state index in [-0.39, 0.29) is 30.8 Å². The minimum absolute atomic E-state index is 0.0601. The molecule has 0 radical (unpaired) electrons. The fourth-order valence-corrected chi connectivity index (χ4v) is 4.34. The van der Waals surface area contributed by atoms with Gasteiger partial charge in [-0.2, -0.15) is 0 Å². The van der Waals surface area contributed by atoms with Gasteiger partial charge in [0.1, 0.15) is 6.04 Å². The van der Waals surface area contributed by atoms with Gasteiger partial charge in [-0.05, 0) is 30.4 Å². The second-order valence-electron chi connectivity index (χ2n) is 8.55. The summed E-state index contributed by atoms with van der Waals surface area (Å²) < 4.78 is 0. The molecule has 0 aromatic heterocycles. The average Bonchev–Trinajstić information content (AvgIpc) is 3.08. The summed E-state index contributed by atoms with van der Waals surface area (Å²) in [5, 5.41) is 5.81. The third-order valence-corrected chi connectivity index (χ3v) is 6.15. The van der Waals surface area contributed by atoms with Crippen molar-refractivity contribution in [3.63, 3.8) is 0 Å². The molecule has 4 amide bonds. The number of hydrogen-bond donors (Lipinski definition) is 2. The van der Waals surface area contributed by atoms with Crippen LogP contribution in [0.5, 0.6) is 0 Å². The molecule has 2 fully saturated rings. The molecule has 0 spiro atoms. The lowest BCUT2D eigenvalue weighted by Gasteiger charge is -2.32. The van der Waals surface area contributed by atoms with Crippen LogP contribution in [0.25, 0.3) is 0 Å².